The van der Waals surface area contributed by atoms with E-state index in [1.54, 1.807) is 36.4 Å². The Morgan fingerprint density at radius 1 is 0.875 bits per heavy atom. The predicted octanol–water partition coefficient (Wildman–Crippen LogP) is 7.55. The first-order valence-corrected chi connectivity index (χ1v) is 18.1. The predicted molar refractivity (Wildman–Crippen MR) is 190 cm³/mol. The van der Waals surface area contributed by atoms with Gasteiger partial charge < -0.3 is 15.0 Å². The molecule has 1 aliphatic rings. The van der Waals surface area contributed by atoms with Gasteiger partial charge in [-0.05, 0) is 78.6 Å². The van der Waals surface area contributed by atoms with Gasteiger partial charge in [0.05, 0.1) is 17.7 Å². The topological polar surface area (TPSA) is 96.0 Å². The van der Waals surface area contributed by atoms with Crippen molar-refractivity contribution in [3.8, 4) is 5.75 Å². The lowest BCUT2D eigenvalue weighted by Gasteiger charge is -2.34. The van der Waals surface area contributed by atoms with Crippen molar-refractivity contribution in [3.05, 3.63) is 123 Å². The SMILES string of the molecule is COc1ccc(S(=O)(=O)N(CC(=O)N(Cc2ccc(Cl)cc2Cl)C(Cc2ccccc2)C(=O)NC2CCCC2)c2cccc(Cl)c2)cc1. The van der Waals surface area contributed by atoms with E-state index in [4.69, 9.17) is 39.5 Å². The van der Waals surface area contributed by atoms with Gasteiger partial charge >= 0.3 is 0 Å². The molecular weight excluding hydrogens is 693 g/mol. The Morgan fingerprint density at radius 3 is 2.21 bits per heavy atom. The number of anilines is 1. The van der Waals surface area contributed by atoms with Crippen LogP contribution in [0.5, 0.6) is 5.75 Å². The number of methoxy groups -OCH3 is 1. The third-order valence-corrected chi connectivity index (χ3v) is 11.0. The van der Waals surface area contributed by atoms with Crippen LogP contribution < -0.4 is 14.4 Å². The molecule has 4 aromatic rings. The van der Waals surface area contributed by atoms with Crippen LogP contribution in [0.15, 0.2) is 102 Å². The number of halogens is 3. The first-order chi connectivity index (χ1) is 23.0. The Balaban J connectivity index is 1.58. The van der Waals surface area contributed by atoms with E-state index < -0.39 is 28.5 Å². The summed E-state index contributed by atoms with van der Waals surface area (Å²) in [6.07, 6.45) is 3.91. The molecule has 2 amide bonds. The quantitative estimate of drug-likeness (QED) is 0.154. The van der Waals surface area contributed by atoms with Crippen molar-refractivity contribution in [2.24, 2.45) is 0 Å². The zero-order valence-corrected chi connectivity index (χ0v) is 29.4. The van der Waals surface area contributed by atoms with Crippen LogP contribution in [0.3, 0.4) is 0 Å². The lowest BCUT2D eigenvalue weighted by molar-refractivity contribution is -0.140. The van der Waals surface area contributed by atoms with Crippen molar-refractivity contribution in [2.45, 2.75) is 55.6 Å². The average Bonchev–Trinajstić information content (AvgIpc) is 3.59. The van der Waals surface area contributed by atoms with Crippen molar-refractivity contribution >= 4 is 62.3 Å². The number of carbonyl (C=O) groups is 2. The van der Waals surface area contributed by atoms with Crippen LogP contribution in [-0.4, -0.2) is 50.9 Å². The molecule has 0 saturated heterocycles. The van der Waals surface area contributed by atoms with Gasteiger partial charge in [-0.1, -0.05) is 90.1 Å². The molecular formula is C36H36Cl3N3O5S. The monoisotopic (exact) mass is 727 g/mol. The van der Waals surface area contributed by atoms with Gasteiger partial charge in [-0.2, -0.15) is 0 Å². The van der Waals surface area contributed by atoms with Crippen LogP contribution in [0.4, 0.5) is 5.69 Å². The maximum absolute atomic E-state index is 14.7. The van der Waals surface area contributed by atoms with Crippen LogP contribution in [-0.2, 0) is 32.6 Å². The Hall–Kier alpha value is -3.76. The van der Waals surface area contributed by atoms with Crippen LogP contribution in [0.2, 0.25) is 15.1 Å². The number of nitrogens with zero attached hydrogens (tertiary/aromatic N) is 2. The largest absolute Gasteiger partial charge is 0.497 e. The zero-order chi connectivity index (χ0) is 34.3. The van der Waals surface area contributed by atoms with Crippen LogP contribution in [0, 0.1) is 0 Å². The van der Waals surface area contributed by atoms with E-state index in [1.165, 1.54) is 42.3 Å². The van der Waals surface area contributed by atoms with E-state index in [0.29, 0.717) is 21.4 Å². The third-order valence-electron chi connectivity index (χ3n) is 8.35. The molecule has 0 aliphatic heterocycles. The van der Waals surface area contributed by atoms with Crippen molar-refractivity contribution in [2.75, 3.05) is 18.0 Å². The number of ether oxygens (including phenoxy) is 1. The minimum absolute atomic E-state index is 0.00902. The van der Waals surface area contributed by atoms with Gasteiger partial charge in [-0.25, -0.2) is 8.42 Å². The Bertz CT molecular complexity index is 1840. The van der Waals surface area contributed by atoms with E-state index in [2.05, 4.69) is 5.32 Å². The third kappa shape index (κ3) is 8.82. The minimum atomic E-state index is -4.31. The number of hydrogen-bond donors (Lipinski definition) is 1. The van der Waals surface area contributed by atoms with Crippen molar-refractivity contribution in [1.82, 2.24) is 10.2 Å². The molecule has 1 unspecified atom stereocenters. The van der Waals surface area contributed by atoms with Gasteiger partial charge in [0.2, 0.25) is 11.8 Å². The normalized spacial score (nSPS) is 13.9. The maximum atomic E-state index is 14.7. The summed E-state index contributed by atoms with van der Waals surface area (Å²) >= 11 is 19.1. The van der Waals surface area contributed by atoms with Crippen molar-refractivity contribution in [1.29, 1.82) is 0 Å². The zero-order valence-electron chi connectivity index (χ0n) is 26.3. The highest BCUT2D eigenvalue weighted by atomic mass is 35.5. The highest BCUT2D eigenvalue weighted by Crippen LogP contribution is 2.29. The van der Waals surface area contributed by atoms with Gasteiger partial charge in [-0.3, -0.25) is 13.9 Å². The van der Waals surface area contributed by atoms with Crippen LogP contribution in [0.1, 0.15) is 36.8 Å². The molecule has 5 rings (SSSR count). The molecule has 0 radical (unpaired) electrons. The molecule has 8 nitrogen and oxygen atoms in total. The van der Waals surface area contributed by atoms with Crippen LogP contribution >= 0.6 is 34.8 Å². The fraction of sp³-hybridized carbons (Fsp3) is 0.278. The van der Waals surface area contributed by atoms with Gasteiger partial charge in [0, 0.05) is 34.1 Å². The van der Waals surface area contributed by atoms with E-state index in [1.807, 2.05) is 30.3 Å². The fourth-order valence-corrected chi connectivity index (χ4v) is 7.85. The first-order valence-electron chi connectivity index (χ1n) is 15.5. The van der Waals surface area contributed by atoms with Crippen molar-refractivity contribution < 1.29 is 22.7 Å². The molecule has 0 bridgehead atoms. The van der Waals surface area contributed by atoms with E-state index in [9.17, 15) is 18.0 Å². The van der Waals surface area contributed by atoms with Gasteiger partial charge in [0.25, 0.3) is 10.0 Å². The van der Waals surface area contributed by atoms with Gasteiger partial charge in [-0.15, -0.1) is 0 Å². The van der Waals surface area contributed by atoms with E-state index in [0.717, 1.165) is 35.6 Å². The minimum Gasteiger partial charge on any atom is -0.497 e. The highest BCUT2D eigenvalue weighted by Gasteiger charge is 2.36. The number of amides is 2. The summed E-state index contributed by atoms with van der Waals surface area (Å²) in [7, 11) is -2.82. The number of benzene rings is 4. The summed E-state index contributed by atoms with van der Waals surface area (Å²) < 4.78 is 34.7. The number of hydrogen-bond acceptors (Lipinski definition) is 5. The Kier molecular flexibility index (Phi) is 11.9. The van der Waals surface area contributed by atoms with Gasteiger partial charge in [0.15, 0.2) is 0 Å². The molecule has 252 valence electrons. The highest BCUT2D eigenvalue weighted by molar-refractivity contribution is 7.92. The summed E-state index contributed by atoms with van der Waals surface area (Å²) in [6, 6.07) is 25.5. The molecule has 0 heterocycles. The summed E-state index contributed by atoms with van der Waals surface area (Å²) in [5.41, 5.74) is 1.57. The second kappa shape index (κ2) is 16.1. The van der Waals surface area contributed by atoms with Crippen molar-refractivity contribution in [3.63, 3.8) is 0 Å². The second-order valence-electron chi connectivity index (χ2n) is 11.6. The molecule has 48 heavy (non-hydrogen) atoms. The summed E-state index contributed by atoms with van der Waals surface area (Å²) in [4.78, 5) is 30.2. The first kappa shape index (κ1) is 35.5. The lowest BCUT2D eigenvalue weighted by atomic mass is 10.0. The molecule has 0 spiro atoms. The Labute approximate surface area is 296 Å². The summed E-state index contributed by atoms with van der Waals surface area (Å²) in [5, 5.41) is 4.17. The molecule has 0 aromatic heterocycles. The average molecular weight is 729 g/mol. The lowest BCUT2D eigenvalue weighted by Crippen LogP contribution is -2.54. The number of rotatable bonds is 13. The summed E-state index contributed by atoms with van der Waals surface area (Å²) in [6.45, 7) is -0.696. The summed E-state index contributed by atoms with van der Waals surface area (Å²) in [5.74, 6) is -0.459. The standard InChI is InChI=1S/C36H36Cl3N3O5S/c1-47-31-16-18-32(19-17-31)48(45,46)42(30-13-7-10-27(37)21-30)24-35(43)41(23-26-14-15-28(38)22-33(26)39)34(20-25-8-3-2-4-9-25)36(44)40-29-11-5-6-12-29/h2-4,7-10,13-19,21-22,29,34H,5-6,11-12,20,23-24H2,1H3,(H,40,44). The molecule has 12 heteroatoms. The maximum Gasteiger partial charge on any atom is 0.264 e. The molecule has 1 saturated carbocycles. The van der Waals surface area contributed by atoms with Crippen LogP contribution in [0.25, 0.3) is 0 Å². The molecule has 1 aliphatic carbocycles. The van der Waals surface area contributed by atoms with E-state index >= 15 is 0 Å². The number of sulfonamides is 1. The molecule has 1 fully saturated rings. The Morgan fingerprint density at radius 2 is 1.56 bits per heavy atom. The molecule has 1 N–H and O–H groups in total. The fourth-order valence-electron chi connectivity index (χ4n) is 5.79. The molecule has 4 aromatic carbocycles. The van der Waals surface area contributed by atoms with E-state index in [-0.39, 0.29) is 40.5 Å². The number of carbonyl (C=O) groups excluding carboxylic acids is 2. The molecule has 1 atom stereocenters. The van der Waals surface area contributed by atoms with Gasteiger partial charge in [0.1, 0.15) is 18.3 Å². The second-order valence-corrected chi connectivity index (χ2v) is 14.8. The number of nitrogens with one attached hydrogen (secondary N) is 1. The smallest absolute Gasteiger partial charge is 0.264 e.